The van der Waals surface area contributed by atoms with Crippen LogP contribution in [0.2, 0.25) is 0 Å². The third-order valence-corrected chi connectivity index (χ3v) is 4.43. The summed E-state index contributed by atoms with van der Waals surface area (Å²) in [4.78, 5) is 17.0. The van der Waals surface area contributed by atoms with Crippen LogP contribution in [0.15, 0.2) is 0 Å². The molecule has 0 aromatic heterocycles. The van der Waals surface area contributed by atoms with Gasteiger partial charge in [0.25, 0.3) is 0 Å². The predicted octanol–water partition coefficient (Wildman–Crippen LogP) is 1.95. The van der Waals surface area contributed by atoms with Crippen LogP contribution in [-0.4, -0.2) is 61.5 Å². The van der Waals surface area contributed by atoms with E-state index in [0.29, 0.717) is 0 Å². The summed E-state index contributed by atoms with van der Waals surface area (Å²) in [5, 5.41) is 3.12. The number of nitrogens with zero attached hydrogens (tertiary/aromatic N) is 2. The molecule has 1 aliphatic heterocycles. The van der Waals surface area contributed by atoms with Crippen LogP contribution in [0.4, 0.5) is 0 Å². The molecule has 4 nitrogen and oxygen atoms in total. The second-order valence-electron chi connectivity index (χ2n) is 7.63. The van der Waals surface area contributed by atoms with Gasteiger partial charge in [-0.05, 0) is 73.8 Å². The highest BCUT2D eigenvalue weighted by molar-refractivity contribution is 5.82. The molecule has 0 atom stereocenters. The van der Waals surface area contributed by atoms with E-state index in [0.717, 1.165) is 45.4 Å². The van der Waals surface area contributed by atoms with Gasteiger partial charge in [0.05, 0.1) is 0 Å². The van der Waals surface area contributed by atoms with E-state index in [-0.39, 0.29) is 16.9 Å². The number of rotatable bonds is 5. The van der Waals surface area contributed by atoms with E-state index in [1.165, 1.54) is 0 Å². The minimum atomic E-state index is -0.181. The third kappa shape index (κ3) is 5.06. The Morgan fingerprint density at radius 1 is 1.25 bits per heavy atom. The molecule has 0 radical (unpaired) electrons. The Balaban J connectivity index is 2.37. The van der Waals surface area contributed by atoms with Crippen molar-refractivity contribution in [1.82, 2.24) is 15.1 Å². The highest BCUT2D eigenvalue weighted by atomic mass is 16.2. The van der Waals surface area contributed by atoms with Gasteiger partial charge in [-0.1, -0.05) is 6.92 Å². The molecule has 0 aromatic rings. The summed E-state index contributed by atoms with van der Waals surface area (Å²) in [6, 6.07) is 0. The van der Waals surface area contributed by atoms with Gasteiger partial charge in [-0.15, -0.1) is 0 Å². The van der Waals surface area contributed by atoms with Gasteiger partial charge in [0, 0.05) is 17.5 Å². The Bertz CT molecular complexity index is 312. The van der Waals surface area contributed by atoms with Crippen LogP contribution in [-0.2, 0) is 4.79 Å². The van der Waals surface area contributed by atoms with Crippen LogP contribution >= 0.6 is 0 Å². The molecule has 0 saturated carbocycles. The summed E-state index contributed by atoms with van der Waals surface area (Å²) in [6.45, 7) is 12.7. The molecular formula is C16H33N3O. The Morgan fingerprint density at radius 2 is 1.80 bits per heavy atom. The van der Waals surface area contributed by atoms with Crippen LogP contribution in [0.5, 0.6) is 0 Å². The van der Waals surface area contributed by atoms with Crippen molar-refractivity contribution in [2.75, 3.05) is 40.3 Å². The summed E-state index contributed by atoms with van der Waals surface area (Å²) in [5.41, 5.74) is 0.0311. The Morgan fingerprint density at radius 3 is 2.25 bits per heavy atom. The molecule has 0 unspecified atom stereocenters. The molecule has 1 rings (SSSR count). The zero-order valence-electron chi connectivity index (χ0n) is 14.3. The largest absolute Gasteiger partial charge is 0.356 e. The fraction of sp³-hybridized carbons (Fsp3) is 0.938. The molecule has 20 heavy (non-hydrogen) atoms. The van der Waals surface area contributed by atoms with Crippen molar-refractivity contribution in [1.29, 1.82) is 0 Å². The predicted molar refractivity (Wildman–Crippen MR) is 84.8 cm³/mol. The first-order valence-electron chi connectivity index (χ1n) is 7.83. The van der Waals surface area contributed by atoms with Gasteiger partial charge in [0.15, 0.2) is 0 Å². The molecule has 118 valence electrons. The average molecular weight is 283 g/mol. The standard InChI is InChI=1S/C16H33N3O/c1-15(2,3)19-12-8-16(4,9-13-19)14(20)17-10-7-11-18(5)6/h7-13H2,1-6H3,(H,17,20). The summed E-state index contributed by atoms with van der Waals surface area (Å²) in [6.07, 6.45) is 2.94. The van der Waals surface area contributed by atoms with Crippen LogP contribution in [0, 0.1) is 5.41 Å². The van der Waals surface area contributed by atoms with Crippen LogP contribution in [0.1, 0.15) is 47.0 Å². The van der Waals surface area contributed by atoms with E-state index >= 15 is 0 Å². The number of likely N-dealkylation sites (tertiary alicyclic amines) is 1. The first kappa shape index (κ1) is 17.4. The second kappa shape index (κ2) is 6.90. The maximum absolute atomic E-state index is 12.4. The maximum atomic E-state index is 12.4. The lowest BCUT2D eigenvalue weighted by Crippen LogP contribution is -2.52. The lowest BCUT2D eigenvalue weighted by molar-refractivity contribution is -0.133. The minimum Gasteiger partial charge on any atom is -0.356 e. The first-order chi connectivity index (χ1) is 9.15. The number of piperidine rings is 1. The van der Waals surface area contributed by atoms with Crippen molar-refractivity contribution in [2.45, 2.75) is 52.5 Å². The fourth-order valence-corrected chi connectivity index (χ4v) is 2.71. The van der Waals surface area contributed by atoms with Crippen LogP contribution < -0.4 is 5.32 Å². The Labute approximate surface area is 124 Å². The molecule has 0 aliphatic carbocycles. The topological polar surface area (TPSA) is 35.6 Å². The van der Waals surface area contributed by atoms with Crippen LogP contribution in [0.25, 0.3) is 0 Å². The van der Waals surface area contributed by atoms with E-state index in [1.54, 1.807) is 0 Å². The maximum Gasteiger partial charge on any atom is 0.226 e. The van der Waals surface area contributed by atoms with Gasteiger partial charge in [0.2, 0.25) is 5.91 Å². The molecule has 0 spiro atoms. The van der Waals surface area contributed by atoms with Gasteiger partial charge in [-0.3, -0.25) is 9.69 Å². The van der Waals surface area contributed by atoms with Crippen molar-refractivity contribution in [2.24, 2.45) is 5.41 Å². The molecule has 4 heteroatoms. The van der Waals surface area contributed by atoms with Gasteiger partial charge >= 0.3 is 0 Å². The van der Waals surface area contributed by atoms with Crippen molar-refractivity contribution in [3.8, 4) is 0 Å². The van der Waals surface area contributed by atoms with E-state index in [1.807, 2.05) is 0 Å². The van der Waals surface area contributed by atoms with Crippen molar-refractivity contribution in [3.63, 3.8) is 0 Å². The van der Waals surface area contributed by atoms with Crippen LogP contribution in [0.3, 0.4) is 0 Å². The van der Waals surface area contributed by atoms with E-state index < -0.39 is 0 Å². The van der Waals surface area contributed by atoms with Crippen molar-refractivity contribution in [3.05, 3.63) is 0 Å². The van der Waals surface area contributed by atoms with Crippen molar-refractivity contribution >= 4 is 5.91 Å². The molecule has 1 fully saturated rings. The fourth-order valence-electron chi connectivity index (χ4n) is 2.71. The second-order valence-corrected chi connectivity index (χ2v) is 7.63. The van der Waals surface area contributed by atoms with E-state index in [9.17, 15) is 4.79 Å². The summed E-state index contributed by atoms with van der Waals surface area (Å²) in [7, 11) is 4.12. The Kier molecular flexibility index (Phi) is 6.02. The van der Waals surface area contributed by atoms with Gasteiger partial charge in [-0.2, -0.15) is 0 Å². The summed E-state index contributed by atoms with van der Waals surface area (Å²) < 4.78 is 0. The molecular weight excluding hydrogens is 250 g/mol. The average Bonchev–Trinajstić information content (AvgIpc) is 2.33. The minimum absolute atomic E-state index is 0.181. The number of carbonyl (C=O) groups is 1. The molecule has 1 saturated heterocycles. The number of carbonyl (C=O) groups excluding carboxylic acids is 1. The van der Waals surface area contributed by atoms with Gasteiger partial charge in [-0.25, -0.2) is 0 Å². The normalized spacial score (nSPS) is 20.1. The molecule has 1 aliphatic rings. The highest BCUT2D eigenvalue weighted by Crippen LogP contribution is 2.33. The zero-order chi connectivity index (χ0) is 15.4. The third-order valence-electron chi connectivity index (χ3n) is 4.43. The monoisotopic (exact) mass is 283 g/mol. The lowest BCUT2D eigenvalue weighted by Gasteiger charge is -2.44. The Hall–Kier alpha value is -0.610. The molecule has 1 heterocycles. The quantitative estimate of drug-likeness (QED) is 0.784. The number of hydrogen-bond acceptors (Lipinski definition) is 3. The number of hydrogen-bond donors (Lipinski definition) is 1. The number of amides is 1. The first-order valence-corrected chi connectivity index (χ1v) is 7.83. The van der Waals surface area contributed by atoms with Crippen molar-refractivity contribution < 1.29 is 4.79 Å². The van der Waals surface area contributed by atoms with E-state index in [2.05, 4.69) is 56.9 Å². The lowest BCUT2D eigenvalue weighted by atomic mass is 9.78. The summed E-state index contributed by atoms with van der Waals surface area (Å²) in [5.74, 6) is 0.241. The van der Waals surface area contributed by atoms with Gasteiger partial charge < -0.3 is 10.2 Å². The molecule has 0 aromatic carbocycles. The molecule has 1 amide bonds. The summed E-state index contributed by atoms with van der Waals surface area (Å²) >= 11 is 0. The molecule has 1 N–H and O–H groups in total. The SMILES string of the molecule is CN(C)CCCNC(=O)C1(C)CCN(C(C)(C)C)CC1. The highest BCUT2D eigenvalue weighted by Gasteiger charge is 2.38. The zero-order valence-corrected chi connectivity index (χ0v) is 14.3. The molecule has 0 bridgehead atoms. The van der Waals surface area contributed by atoms with E-state index in [4.69, 9.17) is 0 Å². The smallest absolute Gasteiger partial charge is 0.226 e. The van der Waals surface area contributed by atoms with Gasteiger partial charge in [0.1, 0.15) is 0 Å². The number of nitrogens with one attached hydrogen (secondary N) is 1.